The maximum absolute atomic E-state index is 11.6. The van der Waals surface area contributed by atoms with Gasteiger partial charge in [0.05, 0.1) is 7.11 Å². The van der Waals surface area contributed by atoms with Crippen molar-refractivity contribution in [3.63, 3.8) is 0 Å². The minimum absolute atomic E-state index is 0.689. The molecule has 2 atom stereocenters. The van der Waals surface area contributed by atoms with Crippen LogP contribution in [-0.2, 0) is 23.9 Å². The fourth-order valence-electron chi connectivity index (χ4n) is 1.46. The van der Waals surface area contributed by atoms with Crippen LogP contribution in [0.15, 0.2) is 30.3 Å². The first-order chi connectivity index (χ1) is 10.8. The smallest absolute Gasteiger partial charge is 0.348 e. The molecule has 0 aliphatic heterocycles. The molecule has 0 bridgehead atoms. The Morgan fingerprint density at radius 3 is 2.17 bits per heavy atom. The second-order valence-corrected chi connectivity index (χ2v) is 4.60. The molecular formula is C16H18O7. The second-order valence-electron chi connectivity index (χ2n) is 4.60. The standard InChI is InChI=1S/C16H18O7/c1-10(15(18)19)23-16(20)11(2)22-14(17)9-6-12-4-7-13(21-3)8-5-12/h4-11H,1-3H3,(H,18,19). The molecule has 1 aromatic rings. The molecule has 1 rings (SSSR count). The summed E-state index contributed by atoms with van der Waals surface area (Å²) in [5.41, 5.74) is 0.748. The largest absolute Gasteiger partial charge is 0.497 e. The lowest BCUT2D eigenvalue weighted by Gasteiger charge is -2.13. The highest BCUT2D eigenvalue weighted by Crippen LogP contribution is 2.12. The van der Waals surface area contributed by atoms with Crippen LogP contribution in [0.5, 0.6) is 5.75 Å². The zero-order valence-electron chi connectivity index (χ0n) is 13.0. The molecule has 0 aliphatic carbocycles. The number of aliphatic carboxylic acids is 1. The van der Waals surface area contributed by atoms with Gasteiger partial charge in [0.2, 0.25) is 0 Å². The molecule has 0 aromatic heterocycles. The topological polar surface area (TPSA) is 99.1 Å². The van der Waals surface area contributed by atoms with Crippen molar-refractivity contribution in [3.05, 3.63) is 35.9 Å². The molecule has 0 saturated heterocycles. The van der Waals surface area contributed by atoms with Gasteiger partial charge in [-0.3, -0.25) is 0 Å². The van der Waals surface area contributed by atoms with Crippen molar-refractivity contribution in [3.8, 4) is 5.75 Å². The minimum Gasteiger partial charge on any atom is -0.497 e. The number of benzene rings is 1. The van der Waals surface area contributed by atoms with Crippen LogP contribution in [0.4, 0.5) is 0 Å². The van der Waals surface area contributed by atoms with Gasteiger partial charge in [0.1, 0.15) is 5.75 Å². The lowest BCUT2D eigenvalue weighted by atomic mass is 10.2. The maximum Gasteiger partial charge on any atom is 0.348 e. The van der Waals surface area contributed by atoms with E-state index in [1.54, 1.807) is 31.4 Å². The van der Waals surface area contributed by atoms with Crippen molar-refractivity contribution in [2.45, 2.75) is 26.1 Å². The lowest BCUT2D eigenvalue weighted by Crippen LogP contribution is -2.31. The predicted molar refractivity (Wildman–Crippen MR) is 80.8 cm³/mol. The van der Waals surface area contributed by atoms with Crippen LogP contribution in [-0.4, -0.2) is 42.3 Å². The van der Waals surface area contributed by atoms with Gasteiger partial charge in [-0.1, -0.05) is 12.1 Å². The zero-order valence-corrected chi connectivity index (χ0v) is 13.0. The molecule has 0 radical (unpaired) electrons. The Bertz CT molecular complexity index is 589. The van der Waals surface area contributed by atoms with Gasteiger partial charge in [0, 0.05) is 6.08 Å². The summed E-state index contributed by atoms with van der Waals surface area (Å²) in [6.07, 6.45) is 0.162. The number of hydrogen-bond donors (Lipinski definition) is 1. The van der Waals surface area contributed by atoms with Crippen LogP contribution in [0.25, 0.3) is 6.08 Å². The van der Waals surface area contributed by atoms with E-state index < -0.39 is 30.1 Å². The molecule has 23 heavy (non-hydrogen) atoms. The van der Waals surface area contributed by atoms with E-state index in [2.05, 4.69) is 4.74 Å². The summed E-state index contributed by atoms with van der Waals surface area (Å²) in [4.78, 5) is 33.7. The number of carbonyl (C=O) groups is 3. The summed E-state index contributed by atoms with van der Waals surface area (Å²) in [5.74, 6) is -2.26. The first-order valence-corrected chi connectivity index (χ1v) is 6.79. The Morgan fingerprint density at radius 2 is 1.65 bits per heavy atom. The van der Waals surface area contributed by atoms with Gasteiger partial charge in [-0.15, -0.1) is 0 Å². The molecule has 0 heterocycles. The summed E-state index contributed by atoms with van der Waals surface area (Å²) in [5, 5.41) is 8.64. The van der Waals surface area contributed by atoms with Crippen molar-refractivity contribution in [1.82, 2.24) is 0 Å². The molecule has 1 N–H and O–H groups in total. The fourth-order valence-corrected chi connectivity index (χ4v) is 1.46. The molecule has 1 aromatic carbocycles. The minimum atomic E-state index is -1.31. The van der Waals surface area contributed by atoms with E-state index in [1.807, 2.05) is 0 Å². The molecule has 0 spiro atoms. The molecule has 7 nitrogen and oxygen atoms in total. The SMILES string of the molecule is COc1ccc(C=CC(=O)OC(C)C(=O)OC(C)C(=O)O)cc1. The Labute approximate surface area is 133 Å². The van der Waals surface area contributed by atoms with Gasteiger partial charge >= 0.3 is 17.9 Å². The van der Waals surface area contributed by atoms with Crippen LogP contribution in [0, 0.1) is 0 Å². The average Bonchev–Trinajstić information content (AvgIpc) is 2.53. The average molecular weight is 322 g/mol. The van der Waals surface area contributed by atoms with Crippen molar-refractivity contribution < 1.29 is 33.7 Å². The summed E-state index contributed by atoms with van der Waals surface area (Å²) >= 11 is 0. The first-order valence-electron chi connectivity index (χ1n) is 6.79. The van der Waals surface area contributed by atoms with Crippen LogP contribution < -0.4 is 4.74 Å². The molecule has 0 amide bonds. The summed E-state index contributed by atoms with van der Waals surface area (Å²) in [7, 11) is 1.55. The van der Waals surface area contributed by atoms with E-state index in [-0.39, 0.29) is 0 Å². The highest BCUT2D eigenvalue weighted by molar-refractivity contribution is 5.89. The van der Waals surface area contributed by atoms with E-state index in [4.69, 9.17) is 14.6 Å². The molecule has 124 valence electrons. The van der Waals surface area contributed by atoms with Crippen LogP contribution in [0.3, 0.4) is 0 Å². The highest BCUT2D eigenvalue weighted by Gasteiger charge is 2.23. The van der Waals surface area contributed by atoms with Gasteiger partial charge < -0.3 is 19.3 Å². The Kier molecular flexibility index (Phi) is 6.79. The van der Waals surface area contributed by atoms with E-state index >= 15 is 0 Å². The third kappa shape index (κ3) is 6.21. The third-order valence-corrected chi connectivity index (χ3v) is 2.79. The van der Waals surface area contributed by atoms with Gasteiger partial charge in [-0.25, -0.2) is 14.4 Å². The number of esters is 2. The third-order valence-electron chi connectivity index (χ3n) is 2.79. The summed E-state index contributed by atoms with van der Waals surface area (Å²) < 4.78 is 14.5. The van der Waals surface area contributed by atoms with Crippen molar-refractivity contribution in [2.24, 2.45) is 0 Å². The predicted octanol–water partition coefficient (Wildman–Crippen LogP) is 1.66. The summed E-state index contributed by atoms with van der Waals surface area (Å²) in [6, 6.07) is 6.96. The van der Waals surface area contributed by atoms with Crippen molar-refractivity contribution >= 4 is 24.0 Å². The first kappa shape index (κ1) is 18.2. The lowest BCUT2D eigenvalue weighted by molar-refractivity contribution is -0.173. The fraction of sp³-hybridized carbons (Fsp3) is 0.312. The van der Waals surface area contributed by atoms with Crippen molar-refractivity contribution in [1.29, 1.82) is 0 Å². The normalized spacial score (nSPS) is 13.2. The van der Waals surface area contributed by atoms with Crippen molar-refractivity contribution in [2.75, 3.05) is 7.11 Å². The number of carboxylic acids is 1. The number of rotatable bonds is 7. The van der Waals surface area contributed by atoms with E-state index in [0.717, 1.165) is 11.6 Å². The molecule has 0 fully saturated rings. The molecule has 0 saturated carbocycles. The number of methoxy groups -OCH3 is 1. The van der Waals surface area contributed by atoms with Crippen LogP contribution >= 0.6 is 0 Å². The van der Waals surface area contributed by atoms with Gasteiger partial charge in [0.25, 0.3) is 0 Å². The molecule has 7 heteroatoms. The Morgan fingerprint density at radius 1 is 1.04 bits per heavy atom. The zero-order chi connectivity index (χ0) is 17.4. The Balaban J connectivity index is 2.52. The van der Waals surface area contributed by atoms with E-state index in [9.17, 15) is 14.4 Å². The summed E-state index contributed by atoms with van der Waals surface area (Å²) in [6.45, 7) is 2.51. The quantitative estimate of drug-likeness (QED) is 0.602. The van der Waals surface area contributed by atoms with Gasteiger partial charge in [-0.2, -0.15) is 0 Å². The monoisotopic (exact) mass is 322 g/mol. The second kappa shape index (κ2) is 8.57. The van der Waals surface area contributed by atoms with Gasteiger partial charge in [0.15, 0.2) is 12.2 Å². The van der Waals surface area contributed by atoms with Crippen LogP contribution in [0.1, 0.15) is 19.4 Å². The number of carboxylic acid groups (broad SMARTS) is 1. The molecule has 0 aliphatic rings. The van der Waals surface area contributed by atoms with E-state index in [1.165, 1.54) is 19.9 Å². The van der Waals surface area contributed by atoms with E-state index in [0.29, 0.717) is 5.75 Å². The Hall–Kier alpha value is -2.83. The number of ether oxygens (including phenoxy) is 3. The highest BCUT2D eigenvalue weighted by atomic mass is 16.6. The number of carbonyl (C=O) groups excluding carboxylic acids is 2. The number of hydrogen-bond acceptors (Lipinski definition) is 6. The van der Waals surface area contributed by atoms with Gasteiger partial charge in [-0.05, 0) is 37.6 Å². The van der Waals surface area contributed by atoms with Crippen LogP contribution in [0.2, 0.25) is 0 Å². The maximum atomic E-state index is 11.6. The molecular weight excluding hydrogens is 304 g/mol. The molecule has 2 unspecified atom stereocenters.